The number of hydrogen-bond donors (Lipinski definition) is 0. The molecule has 1 spiro atoms. The highest BCUT2D eigenvalue weighted by Gasteiger charge is 2.45. The molecule has 1 aliphatic carbocycles. The Bertz CT molecular complexity index is 616. The van der Waals surface area contributed by atoms with Crippen LogP contribution < -0.4 is 0 Å². The van der Waals surface area contributed by atoms with Crippen molar-refractivity contribution in [3.05, 3.63) is 29.6 Å². The molecule has 1 saturated carbocycles. The first-order chi connectivity index (χ1) is 11.6. The van der Waals surface area contributed by atoms with Gasteiger partial charge in [0.25, 0.3) is 5.91 Å². The van der Waals surface area contributed by atoms with Crippen LogP contribution in [0, 0.1) is 12.8 Å². The Morgan fingerprint density at radius 2 is 2.33 bits per heavy atom. The van der Waals surface area contributed by atoms with Crippen LogP contribution in [0.15, 0.2) is 18.2 Å². The third kappa shape index (κ3) is 3.47. The number of amides is 1. The molecular formula is C19H26N2O3. The summed E-state index contributed by atoms with van der Waals surface area (Å²) in [5, 5.41) is 0. The molecule has 130 valence electrons. The number of carbonyl (C=O) groups excluding carboxylic acids is 1. The second-order valence-corrected chi connectivity index (χ2v) is 7.59. The number of rotatable bonds is 4. The van der Waals surface area contributed by atoms with Crippen molar-refractivity contribution < 1.29 is 14.3 Å². The topological polar surface area (TPSA) is 51.7 Å². The van der Waals surface area contributed by atoms with E-state index in [0.29, 0.717) is 18.8 Å². The summed E-state index contributed by atoms with van der Waals surface area (Å²) in [6.07, 6.45) is 5.71. The maximum Gasteiger partial charge on any atom is 0.272 e. The second-order valence-electron chi connectivity index (χ2n) is 7.59. The normalized spacial score (nSPS) is 30.0. The van der Waals surface area contributed by atoms with Crippen LogP contribution in [0.1, 0.15) is 48.3 Å². The number of piperidine rings is 1. The van der Waals surface area contributed by atoms with Gasteiger partial charge in [0.05, 0.1) is 24.9 Å². The van der Waals surface area contributed by atoms with Crippen molar-refractivity contribution in [2.75, 3.05) is 26.3 Å². The average Bonchev–Trinajstić information content (AvgIpc) is 3.35. The molecule has 0 radical (unpaired) electrons. The summed E-state index contributed by atoms with van der Waals surface area (Å²) in [7, 11) is 0. The average molecular weight is 330 g/mol. The van der Waals surface area contributed by atoms with E-state index in [9.17, 15) is 4.79 Å². The van der Waals surface area contributed by atoms with E-state index in [2.05, 4.69) is 4.98 Å². The van der Waals surface area contributed by atoms with Gasteiger partial charge in [0, 0.05) is 25.3 Å². The van der Waals surface area contributed by atoms with Crippen LogP contribution in [-0.2, 0) is 9.47 Å². The fourth-order valence-electron chi connectivity index (χ4n) is 3.85. The summed E-state index contributed by atoms with van der Waals surface area (Å²) in [4.78, 5) is 19.1. The number of likely N-dealkylation sites (tertiary alicyclic amines) is 1. The van der Waals surface area contributed by atoms with Crippen LogP contribution in [-0.4, -0.2) is 53.8 Å². The predicted molar refractivity (Wildman–Crippen MR) is 89.9 cm³/mol. The first-order valence-corrected chi connectivity index (χ1v) is 9.12. The van der Waals surface area contributed by atoms with Crippen LogP contribution in [0.4, 0.5) is 0 Å². The van der Waals surface area contributed by atoms with Crippen molar-refractivity contribution in [2.45, 2.75) is 50.7 Å². The summed E-state index contributed by atoms with van der Waals surface area (Å²) in [5.74, 6) is 0.794. The van der Waals surface area contributed by atoms with E-state index in [1.807, 2.05) is 24.0 Å². The van der Waals surface area contributed by atoms with E-state index in [-0.39, 0.29) is 17.6 Å². The highest BCUT2D eigenvalue weighted by molar-refractivity contribution is 5.92. The molecule has 2 saturated heterocycles. The molecule has 1 amide bonds. The molecule has 0 bridgehead atoms. The van der Waals surface area contributed by atoms with Gasteiger partial charge in [-0.2, -0.15) is 0 Å². The molecular weight excluding hydrogens is 304 g/mol. The number of carbonyl (C=O) groups is 1. The molecule has 4 rings (SSSR count). The summed E-state index contributed by atoms with van der Waals surface area (Å²) >= 11 is 0. The number of aromatic nitrogens is 1. The number of ether oxygens (including phenoxy) is 2. The van der Waals surface area contributed by atoms with E-state index in [1.54, 1.807) is 6.07 Å². The minimum atomic E-state index is -0.216. The van der Waals surface area contributed by atoms with Crippen molar-refractivity contribution >= 4 is 5.91 Å². The van der Waals surface area contributed by atoms with Crippen LogP contribution in [0.25, 0.3) is 0 Å². The highest BCUT2D eigenvalue weighted by atomic mass is 16.6. The van der Waals surface area contributed by atoms with Crippen LogP contribution in [0.3, 0.4) is 0 Å². The van der Waals surface area contributed by atoms with Gasteiger partial charge < -0.3 is 14.4 Å². The van der Waals surface area contributed by atoms with Crippen molar-refractivity contribution in [3.63, 3.8) is 0 Å². The van der Waals surface area contributed by atoms with Gasteiger partial charge in [-0.05, 0) is 50.7 Å². The van der Waals surface area contributed by atoms with Crippen LogP contribution >= 0.6 is 0 Å². The first kappa shape index (κ1) is 16.0. The van der Waals surface area contributed by atoms with Gasteiger partial charge in [0.2, 0.25) is 0 Å². The zero-order chi connectivity index (χ0) is 16.6. The van der Waals surface area contributed by atoms with E-state index in [0.717, 1.165) is 44.0 Å². The van der Waals surface area contributed by atoms with Gasteiger partial charge in [0.1, 0.15) is 5.69 Å². The van der Waals surface area contributed by atoms with Gasteiger partial charge in [-0.3, -0.25) is 4.79 Å². The van der Waals surface area contributed by atoms with Crippen LogP contribution in [0.2, 0.25) is 0 Å². The molecule has 0 N–H and O–H groups in total. The largest absolute Gasteiger partial charge is 0.375 e. The third-order valence-electron chi connectivity index (χ3n) is 5.37. The molecule has 5 heteroatoms. The number of pyridine rings is 1. The smallest absolute Gasteiger partial charge is 0.272 e. The van der Waals surface area contributed by atoms with Gasteiger partial charge in [0.15, 0.2) is 0 Å². The molecule has 0 aromatic carbocycles. The molecule has 0 unspecified atom stereocenters. The quantitative estimate of drug-likeness (QED) is 0.851. The molecule has 2 aliphatic heterocycles. The zero-order valence-corrected chi connectivity index (χ0v) is 14.4. The fraction of sp³-hybridized carbons (Fsp3) is 0.684. The predicted octanol–water partition coefficient (Wildman–Crippen LogP) is 2.58. The Kier molecular flexibility index (Phi) is 4.31. The molecule has 2 atom stereocenters. The van der Waals surface area contributed by atoms with Gasteiger partial charge in [-0.1, -0.05) is 6.07 Å². The Hall–Kier alpha value is -1.46. The zero-order valence-electron chi connectivity index (χ0n) is 14.4. The van der Waals surface area contributed by atoms with E-state index >= 15 is 0 Å². The van der Waals surface area contributed by atoms with Crippen molar-refractivity contribution in [3.8, 4) is 0 Å². The Morgan fingerprint density at radius 1 is 1.46 bits per heavy atom. The first-order valence-electron chi connectivity index (χ1n) is 9.12. The van der Waals surface area contributed by atoms with Gasteiger partial charge in [-0.25, -0.2) is 4.98 Å². The fourth-order valence-corrected chi connectivity index (χ4v) is 3.85. The molecule has 5 nitrogen and oxygen atoms in total. The molecule has 3 aliphatic rings. The molecule has 24 heavy (non-hydrogen) atoms. The lowest BCUT2D eigenvalue weighted by atomic mass is 9.89. The molecule has 3 fully saturated rings. The van der Waals surface area contributed by atoms with E-state index < -0.39 is 0 Å². The second kappa shape index (κ2) is 6.45. The van der Waals surface area contributed by atoms with E-state index in [4.69, 9.17) is 9.47 Å². The Morgan fingerprint density at radius 3 is 3.12 bits per heavy atom. The van der Waals surface area contributed by atoms with Crippen LogP contribution in [0.5, 0.6) is 0 Å². The Balaban J connectivity index is 1.39. The minimum absolute atomic E-state index is 0.0173. The van der Waals surface area contributed by atoms with E-state index in [1.165, 1.54) is 12.8 Å². The highest BCUT2D eigenvalue weighted by Crippen LogP contribution is 2.37. The summed E-state index contributed by atoms with van der Waals surface area (Å²) < 4.78 is 12.2. The lowest BCUT2D eigenvalue weighted by Gasteiger charge is -2.39. The minimum Gasteiger partial charge on any atom is -0.375 e. The van der Waals surface area contributed by atoms with Crippen molar-refractivity contribution in [1.29, 1.82) is 0 Å². The molecule has 1 aromatic rings. The Labute approximate surface area is 143 Å². The number of nitrogens with zero attached hydrogens (tertiary/aromatic N) is 2. The summed E-state index contributed by atoms with van der Waals surface area (Å²) in [6.45, 7) is 4.89. The molecule has 1 aromatic heterocycles. The number of aryl methyl sites for hydroxylation is 1. The van der Waals surface area contributed by atoms with Gasteiger partial charge in [-0.15, -0.1) is 0 Å². The summed E-state index contributed by atoms with van der Waals surface area (Å²) in [6, 6.07) is 5.60. The maximum atomic E-state index is 12.8. The van der Waals surface area contributed by atoms with Gasteiger partial charge >= 0.3 is 0 Å². The maximum absolute atomic E-state index is 12.8. The third-order valence-corrected chi connectivity index (χ3v) is 5.37. The standard InChI is InChI=1S/C19H26N2O3/c1-14-4-2-5-17(20-14)18(22)21-9-3-8-19(13-21)10-16(12-24-19)23-11-15-6-7-15/h2,4-5,15-16H,3,6-13H2,1H3/t16-,19+/m1/s1. The SMILES string of the molecule is Cc1cccc(C(=O)N2CCC[C@]3(C[C@@H](OCC4CC4)CO3)C2)n1. The monoisotopic (exact) mass is 330 g/mol. The molecule has 3 heterocycles. The summed E-state index contributed by atoms with van der Waals surface area (Å²) in [5.41, 5.74) is 1.19. The number of hydrogen-bond acceptors (Lipinski definition) is 4. The lowest BCUT2D eigenvalue weighted by molar-refractivity contribution is -0.0466. The van der Waals surface area contributed by atoms with Crippen molar-refractivity contribution in [2.24, 2.45) is 5.92 Å². The lowest BCUT2D eigenvalue weighted by Crippen LogP contribution is -2.50. The van der Waals surface area contributed by atoms with Crippen molar-refractivity contribution in [1.82, 2.24) is 9.88 Å².